The van der Waals surface area contributed by atoms with E-state index in [9.17, 15) is 22.4 Å². The van der Waals surface area contributed by atoms with Crippen LogP contribution in [0, 0.1) is 5.82 Å². The minimum absolute atomic E-state index is 0.129. The minimum Gasteiger partial charge on any atom is -0.465 e. The summed E-state index contributed by atoms with van der Waals surface area (Å²) in [6.07, 6.45) is -4.61. The van der Waals surface area contributed by atoms with Gasteiger partial charge in [-0.05, 0) is 35.4 Å². The number of hydrogen-bond acceptors (Lipinski definition) is 2. The van der Waals surface area contributed by atoms with Gasteiger partial charge in [0, 0.05) is 0 Å². The van der Waals surface area contributed by atoms with Gasteiger partial charge in [-0.1, -0.05) is 18.2 Å². The molecular formula is C15H10F4O2. The van der Waals surface area contributed by atoms with Gasteiger partial charge in [-0.3, -0.25) is 0 Å². The molecule has 2 aromatic rings. The van der Waals surface area contributed by atoms with E-state index in [4.69, 9.17) is 0 Å². The van der Waals surface area contributed by atoms with Crippen LogP contribution in [0.15, 0.2) is 42.5 Å². The fraction of sp³-hybridized carbons (Fsp3) is 0.133. The molecule has 21 heavy (non-hydrogen) atoms. The van der Waals surface area contributed by atoms with E-state index in [0.717, 1.165) is 31.4 Å². The molecule has 6 heteroatoms. The molecule has 0 radical (unpaired) electrons. The Labute approximate surface area is 118 Å². The van der Waals surface area contributed by atoms with Crippen LogP contribution in [0.25, 0.3) is 11.1 Å². The van der Waals surface area contributed by atoms with Crippen molar-refractivity contribution in [2.45, 2.75) is 6.18 Å². The van der Waals surface area contributed by atoms with Crippen LogP contribution in [0.3, 0.4) is 0 Å². The summed E-state index contributed by atoms with van der Waals surface area (Å²) in [4.78, 5) is 11.7. The molecule has 0 saturated heterocycles. The van der Waals surface area contributed by atoms with Gasteiger partial charge in [-0.15, -0.1) is 0 Å². The number of benzene rings is 2. The summed E-state index contributed by atoms with van der Waals surface area (Å²) in [5.41, 5.74) is -1.50. The van der Waals surface area contributed by atoms with Crippen molar-refractivity contribution < 1.29 is 27.1 Å². The Balaban J connectivity index is 2.73. The van der Waals surface area contributed by atoms with E-state index in [1.54, 1.807) is 0 Å². The van der Waals surface area contributed by atoms with Crippen LogP contribution >= 0.6 is 0 Å². The molecule has 0 aliphatic heterocycles. The molecule has 0 fully saturated rings. The molecule has 0 amide bonds. The average Bonchev–Trinajstić information content (AvgIpc) is 2.45. The van der Waals surface area contributed by atoms with Crippen molar-refractivity contribution in [1.82, 2.24) is 0 Å². The lowest BCUT2D eigenvalue weighted by atomic mass is 9.95. The first-order valence-electron chi connectivity index (χ1n) is 5.89. The molecule has 2 aromatic carbocycles. The monoisotopic (exact) mass is 298 g/mol. The summed E-state index contributed by atoms with van der Waals surface area (Å²) < 4.78 is 57.0. The highest BCUT2D eigenvalue weighted by atomic mass is 19.4. The van der Waals surface area contributed by atoms with E-state index >= 15 is 0 Å². The molecule has 0 aliphatic rings. The average molecular weight is 298 g/mol. The Kier molecular flexibility index (Phi) is 3.97. The molecule has 0 bridgehead atoms. The summed E-state index contributed by atoms with van der Waals surface area (Å²) >= 11 is 0. The predicted octanol–water partition coefficient (Wildman–Crippen LogP) is 4.30. The third kappa shape index (κ3) is 3.04. The predicted molar refractivity (Wildman–Crippen MR) is 68.2 cm³/mol. The van der Waals surface area contributed by atoms with Crippen LogP contribution in [0.1, 0.15) is 15.9 Å². The summed E-state index contributed by atoms with van der Waals surface area (Å²) in [5.74, 6) is -1.57. The zero-order valence-electron chi connectivity index (χ0n) is 10.9. The van der Waals surface area contributed by atoms with Crippen molar-refractivity contribution in [2.75, 3.05) is 7.11 Å². The Morgan fingerprint density at radius 1 is 1.05 bits per heavy atom. The van der Waals surface area contributed by atoms with Crippen molar-refractivity contribution >= 4 is 5.97 Å². The van der Waals surface area contributed by atoms with E-state index < -0.39 is 23.5 Å². The molecule has 0 aliphatic carbocycles. The molecule has 2 rings (SSSR count). The number of carbonyl (C=O) groups is 1. The van der Waals surface area contributed by atoms with Gasteiger partial charge in [-0.2, -0.15) is 13.2 Å². The first-order valence-corrected chi connectivity index (χ1v) is 5.89. The number of ether oxygens (including phenoxy) is 1. The van der Waals surface area contributed by atoms with E-state index in [0.29, 0.717) is 0 Å². The van der Waals surface area contributed by atoms with E-state index in [1.807, 2.05) is 0 Å². The number of hydrogen-bond donors (Lipinski definition) is 0. The standard InChI is InChI=1S/C15H10F4O2/c1-21-14(20)11-7-6-9(16)8-12(11)10-4-2-3-5-13(10)15(17,18)19/h2-8H,1H3. The largest absolute Gasteiger partial charge is 0.465 e. The highest BCUT2D eigenvalue weighted by Crippen LogP contribution is 2.38. The summed E-state index contributed by atoms with van der Waals surface area (Å²) in [6, 6.07) is 7.65. The zero-order chi connectivity index (χ0) is 15.6. The van der Waals surface area contributed by atoms with Gasteiger partial charge in [0.05, 0.1) is 18.2 Å². The number of alkyl halides is 3. The molecular weight excluding hydrogens is 288 g/mol. The minimum atomic E-state index is -4.61. The first kappa shape index (κ1) is 15.0. The molecule has 0 saturated carbocycles. The lowest BCUT2D eigenvalue weighted by molar-refractivity contribution is -0.137. The maximum Gasteiger partial charge on any atom is 0.417 e. The van der Waals surface area contributed by atoms with Gasteiger partial charge < -0.3 is 4.74 Å². The van der Waals surface area contributed by atoms with Crippen LogP contribution < -0.4 is 0 Å². The van der Waals surface area contributed by atoms with Crippen molar-refractivity contribution in [3.8, 4) is 11.1 Å². The van der Waals surface area contributed by atoms with Gasteiger partial charge in [0.15, 0.2) is 0 Å². The number of carbonyl (C=O) groups excluding carboxylic acids is 1. The van der Waals surface area contributed by atoms with Crippen LogP contribution in [0.2, 0.25) is 0 Å². The Morgan fingerprint density at radius 3 is 2.33 bits per heavy atom. The second-order valence-electron chi connectivity index (χ2n) is 4.22. The number of methoxy groups -OCH3 is 1. The third-order valence-electron chi connectivity index (χ3n) is 2.91. The van der Waals surface area contributed by atoms with Gasteiger partial charge in [0.2, 0.25) is 0 Å². The molecule has 0 spiro atoms. The van der Waals surface area contributed by atoms with E-state index in [1.165, 1.54) is 18.2 Å². The molecule has 0 unspecified atom stereocenters. The van der Waals surface area contributed by atoms with Gasteiger partial charge >= 0.3 is 12.1 Å². The fourth-order valence-electron chi connectivity index (χ4n) is 1.99. The van der Waals surface area contributed by atoms with Crippen LogP contribution in [0.5, 0.6) is 0 Å². The van der Waals surface area contributed by atoms with E-state index in [2.05, 4.69) is 4.74 Å². The quantitative estimate of drug-likeness (QED) is 0.610. The molecule has 0 aromatic heterocycles. The normalized spacial score (nSPS) is 11.3. The van der Waals surface area contributed by atoms with Crippen molar-refractivity contribution in [3.05, 3.63) is 59.4 Å². The van der Waals surface area contributed by atoms with Crippen LogP contribution in [-0.4, -0.2) is 13.1 Å². The van der Waals surface area contributed by atoms with Crippen LogP contribution in [-0.2, 0) is 10.9 Å². The maximum absolute atomic E-state index is 13.4. The van der Waals surface area contributed by atoms with Gasteiger partial charge in [-0.25, -0.2) is 9.18 Å². The van der Waals surface area contributed by atoms with Crippen LogP contribution in [0.4, 0.5) is 17.6 Å². The van der Waals surface area contributed by atoms with Crippen molar-refractivity contribution in [1.29, 1.82) is 0 Å². The molecule has 110 valence electrons. The van der Waals surface area contributed by atoms with E-state index in [-0.39, 0.29) is 16.7 Å². The van der Waals surface area contributed by atoms with Crippen molar-refractivity contribution in [3.63, 3.8) is 0 Å². The van der Waals surface area contributed by atoms with Gasteiger partial charge in [0.25, 0.3) is 0 Å². The second kappa shape index (κ2) is 5.55. The molecule has 2 nitrogen and oxygen atoms in total. The maximum atomic E-state index is 13.4. The molecule has 0 atom stereocenters. The third-order valence-corrected chi connectivity index (χ3v) is 2.91. The summed E-state index contributed by atoms with van der Waals surface area (Å²) in [5, 5.41) is 0. The number of rotatable bonds is 2. The zero-order valence-corrected chi connectivity index (χ0v) is 10.9. The second-order valence-corrected chi connectivity index (χ2v) is 4.22. The smallest absolute Gasteiger partial charge is 0.417 e. The Hall–Kier alpha value is -2.37. The highest BCUT2D eigenvalue weighted by molar-refractivity contribution is 5.97. The summed E-state index contributed by atoms with van der Waals surface area (Å²) in [7, 11) is 1.10. The fourth-order valence-corrected chi connectivity index (χ4v) is 1.99. The molecule has 0 heterocycles. The SMILES string of the molecule is COC(=O)c1ccc(F)cc1-c1ccccc1C(F)(F)F. The van der Waals surface area contributed by atoms with Crippen molar-refractivity contribution in [2.24, 2.45) is 0 Å². The number of esters is 1. The Morgan fingerprint density at radius 2 is 1.71 bits per heavy atom. The first-order chi connectivity index (χ1) is 9.84. The Bertz CT molecular complexity index is 678. The van der Waals surface area contributed by atoms with Gasteiger partial charge in [0.1, 0.15) is 5.82 Å². The lowest BCUT2D eigenvalue weighted by Gasteiger charge is -2.15. The number of halogens is 4. The molecule has 0 N–H and O–H groups in total. The topological polar surface area (TPSA) is 26.3 Å². The highest BCUT2D eigenvalue weighted by Gasteiger charge is 2.34. The summed E-state index contributed by atoms with van der Waals surface area (Å²) in [6.45, 7) is 0. The lowest BCUT2D eigenvalue weighted by Crippen LogP contribution is -2.09.